The molecule has 4 N–H and O–H groups in total. The molecule has 0 saturated carbocycles. The summed E-state index contributed by atoms with van der Waals surface area (Å²) < 4.78 is 142. The summed E-state index contributed by atoms with van der Waals surface area (Å²) in [5.74, 6) is -7.35. The summed E-state index contributed by atoms with van der Waals surface area (Å²) >= 11 is 0. The van der Waals surface area contributed by atoms with E-state index in [4.69, 9.17) is 0 Å². The zero-order valence-electron chi connectivity index (χ0n) is 8.63. The molecule has 20 heavy (non-hydrogen) atoms. The van der Waals surface area contributed by atoms with Crippen molar-refractivity contribution in [1.82, 2.24) is 0 Å². The fraction of sp³-hybridized carbons (Fsp3) is 1.00. The fourth-order valence-corrected chi connectivity index (χ4v) is 2.25. The number of hydrogen-bond acceptors (Lipinski definition) is 4. The van der Waals surface area contributed by atoms with Gasteiger partial charge in [-0.2, -0.15) is 30.7 Å². The molecule has 0 aliphatic heterocycles. The topological polar surface area (TPSA) is 120 Å². The second-order valence-corrected chi connectivity index (χ2v) is 6.53. The lowest BCUT2D eigenvalue weighted by atomic mass is 10.2. The number of rotatable bonds is 4. The predicted molar refractivity (Wildman–Crippen MR) is 46.0 cm³/mol. The lowest BCUT2D eigenvalue weighted by Crippen LogP contribution is -2.70. The van der Waals surface area contributed by atoms with Gasteiger partial charge in [-0.05, 0) is 0 Å². The molecule has 0 bridgehead atoms. The van der Waals surface area contributed by atoms with Crippen LogP contribution in [0.4, 0.5) is 35.1 Å². The van der Waals surface area contributed by atoms with Crippen molar-refractivity contribution in [2.75, 3.05) is 0 Å². The molecule has 0 aromatic carbocycles. The Morgan fingerprint density at radius 2 is 0.950 bits per heavy atom. The highest BCUT2D eigenvalue weighted by atomic mass is 32.2. The highest BCUT2D eigenvalue weighted by molar-refractivity contribution is 7.91. The molecular weight excluding hydrogens is 356 g/mol. The van der Waals surface area contributed by atoms with E-state index >= 15 is 0 Å². The molecule has 16 heteroatoms. The van der Waals surface area contributed by atoms with Crippen molar-refractivity contribution in [2.45, 2.75) is 22.4 Å². The third-order valence-electron chi connectivity index (χ3n) is 1.88. The van der Waals surface area contributed by atoms with Gasteiger partial charge < -0.3 is 0 Å². The van der Waals surface area contributed by atoms with Crippen LogP contribution >= 0.6 is 0 Å². The summed E-state index contributed by atoms with van der Waals surface area (Å²) in [5, 5.41) is -6.88. The Morgan fingerprint density at radius 3 is 1.10 bits per heavy atom. The van der Waals surface area contributed by atoms with E-state index in [0.717, 1.165) is 0 Å². The van der Waals surface area contributed by atoms with E-state index in [-0.39, 0.29) is 0 Å². The van der Waals surface area contributed by atoms with Gasteiger partial charge in [-0.15, -0.1) is 0 Å². The third kappa shape index (κ3) is 2.33. The Kier molecular flexibility index (Phi) is 4.21. The average molecular weight is 360 g/mol. The van der Waals surface area contributed by atoms with Gasteiger partial charge in [0.15, 0.2) is 0 Å². The van der Waals surface area contributed by atoms with Crippen LogP contribution in [0.15, 0.2) is 0 Å². The maximum atomic E-state index is 13.2. The van der Waals surface area contributed by atoms with Gasteiger partial charge >= 0.3 is 22.4 Å². The normalized spacial score (nSPS) is 18.7. The van der Waals surface area contributed by atoms with E-state index in [0.29, 0.717) is 0 Å². The molecule has 6 nitrogen and oxygen atoms in total. The van der Waals surface area contributed by atoms with Crippen LogP contribution in [0.2, 0.25) is 0 Å². The maximum absolute atomic E-state index is 13.2. The Morgan fingerprint density at radius 1 is 0.650 bits per heavy atom. The monoisotopic (exact) mass is 360 g/mol. The largest absolute Gasteiger partial charge is 0.445 e. The van der Waals surface area contributed by atoms with Gasteiger partial charge in [0.1, 0.15) is 0 Å². The predicted octanol–water partition coefficient (Wildman–Crippen LogP) is 0.0196. The third-order valence-corrected chi connectivity index (χ3v) is 4.13. The Hall–Kier alpha value is -0.740. The van der Waals surface area contributed by atoms with Gasteiger partial charge in [0.2, 0.25) is 0 Å². The van der Waals surface area contributed by atoms with Gasteiger partial charge in [-0.3, -0.25) is 0 Å². The number of halogens is 8. The lowest BCUT2D eigenvalue weighted by molar-refractivity contribution is -0.302. The highest BCUT2D eigenvalue weighted by Gasteiger charge is 2.88. The van der Waals surface area contributed by atoms with E-state index in [1.54, 1.807) is 0 Å². The summed E-state index contributed by atoms with van der Waals surface area (Å²) in [7, 11) is -13.9. The van der Waals surface area contributed by atoms with Gasteiger partial charge in [0, 0.05) is 0 Å². The van der Waals surface area contributed by atoms with Crippen LogP contribution in [0.5, 0.6) is 0 Å². The summed E-state index contributed by atoms with van der Waals surface area (Å²) in [5.41, 5.74) is 0. The first-order valence-corrected chi connectivity index (χ1v) is 6.90. The molecule has 1 unspecified atom stereocenters. The second-order valence-electron chi connectivity index (χ2n) is 3.27. The molecule has 0 aromatic rings. The Bertz CT molecular complexity index is 594. The fourth-order valence-electron chi connectivity index (χ4n) is 0.884. The van der Waals surface area contributed by atoms with Crippen LogP contribution in [0.3, 0.4) is 0 Å². The molecule has 0 fully saturated rings. The van der Waals surface area contributed by atoms with E-state index in [1.165, 1.54) is 0 Å². The molecule has 0 saturated heterocycles. The molecular formula is C4H4F8N2O4S2. The standard InChI is InChI=1S/C4H4F8N2O4S2/c5-1(6,4(11,12)20(14,17)18)2(7,3(8,9)10)19(13,15)16/h(H2,13,15,16)(H2,14,17,18). The quantitative estimate of drug-likeness (QED) is 0.687. The second kappa shape index (κ2) is 4.38. The first kappa shape index (κ1) is 19.3. The first-order chi connectivity index (χ1) is 8.25. The van der Waals surface area contributed by atoms with Gasteiger partial charge in [-0.25, -0.2) is 31.5 Å². The molecule has 0 radical (unpaired) electrons. The van der Waals surface area contributed by atoms with Crippen LogP contribution in [0, 0.1) is 0 Å². The van der Waals surface area contributed by atoms with E-state index in [1.807, 2.05) is 0 Å². The molecule has 0 aliphatic rings. The van der Waals surface area contributed by atoms with Gasteiger partial charge in [0.05, 0.1) is 0 Å². The number of sulfonamides is 2. The molecule has 122 valence electrons. The van der Waals surface area contributed by atoms with Crippen molar-refractivity contribution in [2.24, 2.45) is 10.3 Å². The molecule has 0 amide bonds. The van der Waals surface area contributed by atoms with Crippen LogP contribution in [-0.4, -0.2) is 39.2 Å². The summed E-state index contributed by atoms with van der Waals surface area (Å²) in [6.07, 6.45) is -7.18. The smallest absolute Gasteiger partial charge is 0.225 e. The summed E-state index contributed by atoms with van der Waals surface area (Å²) in [4.78, 5) is 0. The Balaban J connectivity index is 6.70. The highest BCUT2D eigenvalue weighted by Crippen LogP contribution is 2.55. The minimum atomic E-state index is -7.35. The lowest BCUT2D eigenvalue weighted by Gasteiger charge is -2.35. The summed E-state index contributed by atoms with van der Waals surface area (Å²) in [6, 6.07) is 0. The van der Waals surface area contributed by atoms with E-state index in [2.05, 4.69) is 10.3 Å². The summed E-state index contributed by atoms with van der Waals surface area (Å²) in [6.45, 7) is 0. The van der Waals surface area contributed by atoms with Crippen LogP contribution < -0.4 is 10.3 Å². The number of nitrogens with two attached hydrogens (primary N) is 2. The number of primary sulfonamides is 2. The van der Waals surface area contributed by atoms with Crippen molar-refractivity contribution in [1.29, 1.82) is 0 Å². The zero-order chi connectivity index (χ0) is 17.0. The van der Waals surface area contributed by atoms with Crippen molar-refractivity contribution in [3.63, 3.8) is 0 Å². The minimum Gasteiger partial charge on any atom is -0.225 e. The molecule has 1 atom stereocenters. The van der Waals surface area contributed by atoms with Crippen LogP contribution in [0.25, 0.3) is 0 Å². The van der Waals surface area contributed by atoms with E-state index in [9.17, 15) is 52.0 Å². The number of hydrogen-bond donors (Lipinski definition) is 2. The molecule has 0 aliphatic carbocycles. The average Bonchev–Trinajstić information content (AvgIpc) is 2.10. The van der Waals surface area contributed by atoms with Crippen molar-refractivity contribution in [3.8, 4) is 0 Å². The first-order valence-electron chi connectivity index (χ1n) is 3.81. The van der Waals surface area contributed by atoms with Crippen LogP contribution in [-0.2, 0) is 20.0 Å². The SMILES string of the molecule is NS(=O)(=O)C(F)(F)C(F)(F)C(F)(C(F)(F)F)S(N)(=O)=O. The maximum Gasteiger partial charge on any atom is 0.445 e. The van der Waals surface area contributed by atoms with Crippen molar-refractivity contribution >= 4 is 20.0 Å². The van der Waals surface area contributed by atoms with Crippen molar-refractivity contribution in [3.05, 3.63) is 0 Å². The van der Waals surface area contributed by atoms with Crippen LogP contribution in [0.1, 0.15) is 0 Å². The number of alkyl halides is 8. The molecule has 0 spiro atoms. The van der Waals surface area contributed by atoms with Crippen molar-refractivity contribution < 1.29 is 52.0 Å². The molecule has 0 rings (SSSR count). The minimum absolute atomic E-state index is 3.55. The van der Waals surface area contributed by atoms with Gasteiger partial charge in [-0.1, -0.05) is 0 Å². The molecule has 0 heterocycles. The zero-order valence-corrected chi connectivity index (χ0v) is 10.3. The van der Waals surface area contributed by atoms with Gasteiger partial charge in [0.25, 0.3) is 20.0 Å². The Labute approximate surface area is 105 Å². The van der Waals surface area contributed by atoms with E-state index < -0.39 is 42.4 Å². The molecule has 0 aromatic heterocycles.